The zero-order valence-corrected chi connectivity index (χ0v) is 12.3. The van der Waals surface area contributed by atoms with E-state index in [-0.39, 0.29) is 11.3 Å². The average Bonchev–Trinajstić information content (AvgIpc) is 2.49. The van der Waals surface area contributed by atoms with Crippen LogP contribution in [-0.4, -0.2) is 15.3 Å². The molecule has 0 amide bonds. The third-order valence-corrected chi connectivity index (χ3v) is 4.56. The molecule has 1 N–H and O–H groups in total. The number of aromatic carboxylic acids is 1. The molecule has 0 aliphatic rings. The summed E-state index contributed by atoms with van der Waals surface area (Å²) < 4.78 is 12.2. The van der Waals surface area contributed by atoms with Gasteiger partial charge in [-0.3, -0.25) is 4.21 Å². The summed E-state index contributed by atoms with van der Waals surface area (Å²) >= 11 is 6.04. The maximum Gasteiger partial charge on any atom is 0.335 e. The van der Waals surface area contributed by atoms with Crippen LogP contribution in [0.1, 0.15) is 21.5 Å². The lowest BCUT2D eigenvalue weighted by atomic mass is 10.2. The second-order valence-corrected chi connectivity index (χ2v) is 6.10. The Labute approximate surface area is 129 Å². The molecule has 0 spiro atoms. The molecular formula is C15H10ClNO3S. The maximum absolute atomic E-state index is 12.2. The van der Waals surface area contributed by atoms with E-state index in [2.05, 4.69) is 0 Å². The zero-order valence-electron chi connectivity index (χ0n) is 10.7. The highest BCUT2D eigenvalue weighted by Gasteiger charge is 2.10. The summed E-state index contributed by atoms with van der Waals surface area (Å²) in [5.41, 5.74) is 1.27. The number of hydrogen-bond donors (Lipinski definition) is 1. The molecule has 2 rings (SSSR count). The molecule has 0 aromatic heterocycles. The molecule has 0 saturated carbocycles. The molecule has 6 heteroatoms. The first-order chi connectivity index (χ1) is 10.0. The summed E-state index contributed by atoms with van der Waals surface area (Å²) in [6.07, 6.45) is 0. The highest BCUT2D eigenvalue weighted by atomic mass is 35.5. The quantitative estimate of drug-likeness (QED) is 0.938. The molecule has 0 fully saturated rings. The molecule has 106 valence electrons. The smallest absolute Gasteiger partial charge is 0.335 e. The van der Waals surface area contributed by atoms with Crippen LogP contribution < -0.4 is 0 Å². The lowest BCUT2D eigenvalue weighted by Gasteiger charge is -2.05. The van der Waals surface area contributed by atoms with Crippen molar-refractivity contribution < 1.29 is 14.1 Å². The predicted octanol–water partition coefficient (Wildman–Crippen LogP) is 3.22. The number of halogens is 1. The van der Waals surface area contributed by atoms with Gasteiger partial charge in [-0.15, -0.1) is 0 Å². The van der Waals surface area contributed by atoms with Gasteiger partial charge in [0, 0.05) is 9.92 Å². The zero-order chi connectivity index (χ0) is 15.4. The SMILES string of the molecule is N#Cc1ccc(CS(=O)c2ccc(C(=O)O)cc2)c(Cl)c1. The minimum atomic E-state index is -1.34. The molecular weight excluding hydrogens is 310 g/mol. The second-order valence-electron chi connectivity index (χ2n) is 4.24. The van der Waals surface area contributed by atoms with Gasteiger partial charge in [-0.2, -0.15) is 5.26 Å². The molecule has 1 atom stereocenters. The van der Waals surface area contributed by atoms with Crippen molar-refractivity contribution in [3.8, 4) is 6.07 Å². The number of benzene rings is 2. The Bertz CT molecular complexity index is 751. The predicted molar refractivity (Wildman–Crippen MR) is 79.7 cm³/mol. The molecule has 0 aliphatic heterocycles. The van der Waals surface area contributed by atoms with Crippen molar-refractivity contribution in [3.05, 3.63) is 64.2 Å². The van der Waals surface area contributed by atoms with Gasteiger partial charge in [-0.05, 0) is 42.0 Å². The van der Waals surface area contributed by atoms with Crippen molar-refractivity contribution in [1.29, 1.82) is 5.26 Å². The van der Waals surface area contributed by atoms with E-state index in [9.17, 15) is 9.00 Å². The Morgan fingerprint density at radius 2 is 1.90 bits per heavy atom. The topological polar surface area (TPSA) is 78.2 Å². The molecule has 2 aromatic carbocycles. The van der Waals surface area contributed by atoms with E-state index < -0.39 is 16.8 Å². The van der Waals surface area contributed by atoms with Crippen LogP contribution in [-0.2, 0) is 16.6 Å². The van der Waals surface area contributed by atoms with Gasteiger partial charge < -0.3 is 5.11 Å². The van der Waals surface area contributed by atoms with Crippen LogP contribution in [0.5, 0.6) is 0 Å². The van der Waals surface area contributed by atoms with Crippen molar-refractivity contribution in [2.45, 2.75) is 10.6 Å². The number of nitriles is 1. The summed E-state index contributed by atoms with van der Waals surface area (Å²) in [4.78, 5) is 11.3. The van der Waals surface area contributed by atoms with Crippen molar-refractivity contribution >= 4 is 28.4 Å². The van der Waals surface area contributed by atoms with E-state index in [1.807, 2.05) is 6.07 Å². The van der Waals surface area contributed by atoms with Crippen molar-refractivity contribution in [2.75, 3.05) is 0 Å². The number of carboxylic acids is 1. The van der Waals surface area contributed by atoms with Crippen LogP contribution in [0.3, 0.4) is 0 Å². The van der Waals surface area contributed by atoms with Gasteiger partial charge in [0.25, 0.3) is 0 Å². The van der Waals surface area contributed by atoms with E-state index in [1.54, 1.807) is 12.1 Å². The Kier molecular flexibility index (Phi) is 4.73. The number of carboxylic acid groups (broad SMARTS) is 1. The monoisotopic (exact) mass is 319 g/mol. The number of nitrogens with zero attached hydrogens (tertiary/aromatic N) is 1. The van der Waals surface area contributed by atoms with E-state index in [1.165, 1.54) is 30.3 Å². The number of hydrogen-bond acceptors (Lipinski definition) is 3. The third-order valence-electron chi connectivity index (χ3n) is 2.83. The Balaban J connectivity index is 2.18. The molecule has 2 aromatic rings. The molecule has 0 aliphatic carbocycles. The third kappa shape index (κ3) is 3.69. The molecule has 0 saturated heterocycles. The standard InChI is InChI=1S/C15H10ClNO3S/c16-14-7-10(8-17)1-2-12(14)9-21(20)13-5-3-11(4-6-13)15(18)19/h1-7H,9H2,(H,18,19). The lowest BCUT2D eigenvalue weighted by molar-refractivity contribution is 0.0697. The summed E-state index contributed by atoms with van der Waals surface area (Å²) in [6, 6.07) is 12.7. The highest BCUT2D eigenvalue weighted by molar-refractivity contribution is 7.84. The highest BCUT2D eigenvalue weighted by Crippen LogP contribution is 2.21. The Morgan fingerprint density at radius 3 is 2.43 bits per heavy atom. The second kappa shape index (κ2) is 6.53. The first-order valence-corrected chi connectivity index (χ1v) is 7.61. The van der Waals surface area contributed by atoms with Crippen LogP contribution in [0.25, 0.3) is 0 Å². The van der Waals surface area contributed by atoms with Crippen LogP contribution in [0.15, 0.2) is 47.4 Å². The van der Waals surface area contributed by atoms with Gasteiger partial charge in [0.2, 0.25) is 0 Å². The fraction of sp³-hybridized carbons (Fsp3) is 0.0667. The number of rotatable bonds is 4. The minimum absolute atomic E-state index is 0.146. The first-order valence-electron chi connectivity index (χ1n) is 5.91. The molecule has 0 bridgehead atoms. The van der Waals surface area contributed by atoms with E-state index in [0.717, 1.165) is 0 Å². The molecule has 1 unspecified atom stereocenters. The molecule has 21 heavy (non-hydrogen) atoms. The van der Waals surface area contributed by atoms with Crippen molar-refractivity contribution in [3.63, 3.8) is 0 Å². The van der Waals surface area contributed by atoms with Crippen LogP contribution in [0, 0.1) is 11.3 Å². The fourth-order valence-corrected chi connectivity index (χ4v) is 3.17. The van der Waals surface area contributed by atoms with E-state index >= 15 is 0 Å². The Morgan fingerprint density at radius 1 is 1.24 bits per heavy atom. The van der Waals surface area contributed by atoms with E-state index in [0.29, 0.717) is 21.0 Å². The normalized spacial score (nSPS) is 11.6. The van der Waals surface area contributed by atoms with Crippen LogP contribution >= 0.6 is 11.6 Å². The van der Waals surface area contributed by atoms with E-state index in [4.69, 9.17) is 22.0 Å². The Hall–Kier alpha value is -2.16. The van der Waals surface area contributed by atoms with Crippen molar-refractivity contribution in [1.82, 2.24) is 0 Å². The average molecular weight is 320 g/mol. The lowest BCUT2D eigenvalue weighted by Crippen LogP contribution is -2.00. The van der Waals surface area contributed by atoms with Crippen LogP contribution in [0.4, 0.5) is 0 Å². The first kappa shape index (κ1) is 15.2. The fourth-order valence-electron chi connectivity index (χ4n) is 1.71. The van der Waals surface area contributed by atoms with Gasteiger partial charge in [-0.25, -0.2) is 4.79 Å². The van der Waals surface area contributed by atoms with Crippen LogP contribution in [0.2, 0.25) is 5.02 Å². The molecule has 0 radical (unpaired) electrons. The van der Waals surface area contributed by atoms with Gasteiger partial charge in [0.05, 0.1) is 33.7 Å². The van der Waals surface area contributed by atoms with Gasteiger partial charge in [-0.1, -0.05) is 17.7 Å². The summed E-state index contributed by atoms with van der Waals surface area (Å²) in [5, 5.41) is 18.0. The molecule has 0 heterocycles. The molecule has 4 nitrogen and oxygen atoms in total. The van der Waals surface area contributed by atoms with Crippen molar-refractivity contribution in [2.24, 2.45) is 0 Å². The largest absolute Gasteiger partial charge is 0.478 e. The summed E-state index contributed by atoms with van der Waals surface area (Å²) in [7, 11) is -1.34. The van der Waals surface area contributed by atoms with Gasteiger partial charge in [0.15, 0.2) is 0 Å². The van der Waals surface area contributed by atoms with Gasteiger partial charge >= 0.3 is 5.97 Å². The summed E-state index contributed by atoms with van der Waals surface area (Å²) in [5.74, 6) is -0.820. The minimum Gasteiger partial charge on any atom is -0.478 e. The number of carbonyl (C=O) groups is 1. The maximum atomic E-state index is 12.2. The van der Waals surface area contributed by atoms with Gasteiger partial charge in [0.1, 0.15) is 0 Å². The summed E-state index contributed by atoms with van der Waals surface area (Å²) in [6.45, 7) is 0.